The van der Waals surface area contributed by atoms with Crippen LogP contribution in [0.4, 0.5) is 5.69 Å². The van der Waals surface area contributed by atoms with Crippen LogP contribution in [0.3, 0.4) is 0 Å². The summed E-state index contributed by atoms with van der Waals surface area (Å²) in [4.78, 5) is 28.1. The fraction of sp³-hybridized carbons (Fsp3) is 0.231. The van der Waals surface area contributed by atoms with Crippen LogP contribution >= 0.6 is 0 Å². The minimum absolute atomic E-state index is 0.0637. The second-order valence-electron chi connectivity index (χ2n) is 7.55. The molecule has 0 fully saturated rings. The van der Waals surface area contributed by atoms with Gasteiger partial charge in [-0.1, -0.05) is 48.5 Å². The minimum atomic E-state index is -0.847. The van der Waals surface area contributed by atoms with Crippen molar-refractivity contribution in [3.05, 3.63) is 83.9 Å². The van der Waals surface area contributed by atoms with Crippen LogP contribution in [0, 0.1) is 0 Å². The van der Waals surface area contributed by atoms with Crippen molar-refractivity contribution in [1.82, 2.24) is 5.32 Å². The Balaban J connectivity index is 1.56. The van der Waals surface area contributed by atoms with Crippen molar-refractivity contribution in [1.29, 1.82) is 0 Å². The van der Waals surface area contributed by atoms with Crippen molar-refractivity contribution in [2.24, 2.45) is 0 Å². The molecule has 1 heterocycles. The molecule has 1 aliphatic rings. The number of fused-ring (bicyclic) bond motifs is 1. The van der Waals surface area contributed by atoms with E-state index in [1.165, 1.54) is 14.2 Å². The van der Waals surface area contributed by atoms with E-state index in [1.54, 1.807) is 41.3 Å². The van der Waals surface area contributed by atoms with Crippen molar-refractivity contribution in [3.8, 4) is 17.2 Å². The summed E-state index contributed by atoms with van der Waals surface area (Å²) in [6, 6.07) is 22.2. The van der Waals surface area contributed by atoms with Crippen LogP contribution in [-0.4, -0.2) is 45.2 Å². The number of hydrogen-bond acceptors (Lipinski definition) is 5. The van der Waals surface area contributed by atoms with Gasteiger partial charge in [-0.25, -0.2) is 0 Å². The summed E-state index contributed by atoms with van der Waals surface area (Å²) in [5.74, 6) is 0.654. The number of ether oxygens (including phenoxy) is 3. The van der Waals surface area contributed by atoms with Gasteiger partial charge in [0.05, 0.1) is 26.5 Å². The third-order valence-corrected chi connectivity index (χ3v) is 5.51. The van der Waals surface area contributed by atoms with Gasteiger partial charge in [0.1, 0.15) is 22.8 Å². The molecule has 1 atom stereocenters. The second-order valence-corrected chi connectivity index (χ2v) is 7.55. The predicted octanol–water partition coefficient (Wildman–Crippen LogP) is 3.47. The molecule has 0 bridgehead atoms. The summed E-state index contributed by atoms with van der Waals surface area (Å²) < 4.78 is 16.8. The maximum absolute atomic E-state index is 13.7. The number of nitrogens with one attached hydrogen (secondary N) is 1. The molecule has 170 valence electrons. The number of methoxy groups -OCH3 is 2. The molecule has 2 amide bonds. The van der Waals surface area contributed by atoms with Gasteiger partial charge in [0.25, 0.3) is 11.8 Å². The lowest BCUT2D eigenvalue weighted by molar-refractivity contribution is -0.127. The second kappa shape index (κ2) is 10.1. The van der Waals surface area contributed by atoms with Gasteiger partial charge in [-0.05, 0) is 36.2 Å². The first kappa shape index (κ1) is 22.2. The number of nitrogens with zero attached hydrogens (tertiary/aromatic N) is 1. The molecule has 0 aromatic heterocycles. The zero-order valence-electron chi connectivity index (χ0n) is 18.6. The molecule has 3 aromatic carbocycles. The average Bonchev–Trinajstić information content (AvgIpc) is 2.87. The fourth-order valence-corrected chi connectivity index (χ4v) is 3.85. The Bertz CT molecular complexity index is 1110. The van der Waals surface area contributed by atoms with E-state index in [9.17, 15) is 9.59 Å². The lowest BCUT2D eigenvalue weighted by Gasteiger charge is -2.34. The van der Waals surface area contributed by atoms with E-state index in [-0.39, 0.29) is 18.4 Å². The zero-order valence-corrected chi connectivity index (χ0v) is 18.6. The van der Waals surface area contributed by atoms with E-state index in [1.807, 2.05) is 36.4 Å². The summed E-state index contributed by atoms with van der Waals surface area (Å²) in [7, 11) is 3.00. The Morgan fingerprint density at radius 3 is 2.30 bits per heavy atom. The van der Waals surface area contributed by atoms with E-state index in [0.717, 1.165) is 5.56 Å². The molecule has 0 radical (unpaired) electrons. The number of rotatable bonds is 7. The number of anilines is 1. The third kappa shape index (κ3) is 4.77. The Hall–Kier alpha value is -4.00. The van der Waals surface area contributed by atoms with Gasteiger partial charge in [-0.2, -0.15) is 0 Å². The summed E-state index contributed by atoms with van der Waals surface area (Å²) in [5.41, 5.74) is 2.01. The maximum atomic E-state index is 13.7. The summed E-state index contributed by atoms with van der Waals surface area (Å²) in [6.45, 7) is 0.535. The molecule has 0 spiro atoms. The Morgan fingerprint density at radius 2 is 1.61 bits per heavy atom. The van der Waals surface area contributed by atoms with Gasteiger partial charge in [0, 0.05) is 6.54 Å². The van der Waals surface area contributed by atoms with Gasteiger partial charge in [0.2, 0.25) is 0 Å². The van der Waals surface area contributed by atoms with E-state index >= 15 is 0 Å². The standard InChI is InChI=1S/C26H26N2O5/c1-31-21-13-8-14-22(32-2)24(21)26(30)28-17-23(33-20-12-7-6-11-19(20)28)25(29)27-16-15-18-9-4-3-5-10-18/h3-14,23H,15-17H2,1-2H3,(H,27,29). The molecule has 4 rings (SSSR count). The van der Waals surface area contributed by atoms with Crippen LogP contribution in [0.1, 0.15) is 15.9 Å². The molecule has 1 unspecified atom stereocenters. The highest BCUT2D eigenvalue weighted by Crippen LogP contribution is 2.37. The smallest absolute Gasteiger partial charge is 0.266 e. The first-order chi connectivity index (χ1) is 16.1. The molecule has 0 aliphatic carbocycles. The van der Waals surface area contributed by atoms with Gasteiger partial charge < -0.3 is 24.4 Å². The molecule has 0 saturated heterocycles. The van der Waals surface area contributed by atoms with Crippen molar-refractivity contribution in [3.63, 3.8) is 0 Å². The Kier molecular flexibility index (Phi) is 6.78. The van der Waals surface area contributed by atoms with Crippen LogP contribution in [0.2, 0.25) is 0 Å². The quantitative estimate of drug-likeness (QED) is 0.601. The average molecular weight is 447 g/mol. The summed E-state index contributed by atoms with van der Waals surface area (Å²) in [5, 5.41) is 2.92. The van der Waals surface area contributed by atoms with Crippen molar-refractivity contribution < 1.29 is 23.8 Å². The largest absolute Gasteiger partial charge is 0.496 e. The third-order valence-electron chi connectivity index (χ3n) is 5.51. The van der Waals surface area contributed by atoms with E-state index in [4.69, 9.17) is 14.2 Å². The van der Waals surface area contributed by atoms with Crippen molar-refractivity contribution in [2.45, 2.75) is 12.5 Å². The maximum Gasteiger partial charge on any atom is 0.266 e. The molecule has 7 nitrogen and oxygen atoms in total. The highest BCUT2D eigenvalue weighted by atomic mass is 16.5. The van der Waals surface area contributed by atoms with E-state index in [0.29, 0.717) is 41.5 Å². The van der Waals surface area contributed by atoms with Gasteiger partial charge >= 0.3 is 0 Å². The van der Waals surface area contributed by atoms with Gasteiger partial charge in [-0.3, -0.25) is 9.59 Å². The van der Waals surface area contributed by atoms with Crippen LogP contribution in [0.5, 0.6) is 17.2 Å². The number of carbonyl (C=O) groups excluding carboxylic acids is 2. The van der Waals surface area contributed by atoms with Gasteiger partial charge in [0.15, 0.2) is 6.10 Å². The van der Waals surface area contributed by atoms with E-state index < -0.39 is 6.10 Å². The highest BCUT2D eigenvalue weighted by molar-refractivity contribution is 6.11. The lowest BCUT2D eigenvalue weighted by Crippen LogP contribution is -2.51. The van der Waals surface area contributed by atoms with Crippen molar-refractivity contribution >= 4 is 17.5 Å². The number of hydrogen-bond donors (Lipinski definition) is 1. The normalized spacial score (nSPS) is 14.6. The number of para-hydroxylation sites is 2. The molecule has 1 aliphatic heterocycles. The predicted molar refractivity (Wildman–Crippen MR) is 125 cm³/mol. The number of amides is 2. The molecule has 7 heteroatoms. The molecule has 1 N–H and O–H groups in total. The zero-order chi connectivity index (χ0) is 23.2. The fourth-order valence-electron chi connectivity index (χ4n) is 3.85. The molecule has 0 saturated carbocycles. The molecular weight excluding hydrogens is 420 g/mol. The number of carbonyl (C=O) groups is 2. The lowest BCUT2D eigenvalue weighted by atomic mass is 10.1. The SMILES string of the molecule is COc1cccc(OC)c1C(=O)N1CC(C(=O)NCCc2ccccc2)Oc2ccccc21. The Morgan fingerprint density at radius 1 is 0.939 bits per heavy atom. The molecule has 33 heavy (non-hydrogen) atoms. The van der Waals surface area contributed by atoms with Gasteiger partial charge in [-0.15, -0.1) is 0 Å². The summed E-state index contributed by atoms with van der Waals surface area (Å²) >= 11 is 0. The van der Waals surface area contributed by atoms with E-state index in [2.05, 4.69) is 5.32 Å². The monoisotopic (exact) mass is 446 g/mol. The number of benzene rings is 3. The summed E-state index contributed by atoms with van der Waals surface area (Å²) in [6.07, 6.45) is -0.142. The van der Waals surface area contributed by atoms with Crippen molar-refractivity contribution in [2.75, 3.05) is 32.2 Å². The Labute approximate surface area is 192 Å². The first-order valence-corrected chi connectivity index (χ1v) is 10.7. The molecular formula is C26H26N2O5. The minimum Gasteiger partial charge on any atom is -0.496 e. The van der Waals surface area contributed by atoms with Crippen LogP contribution in [0.15, 0.2) is 72.8 Å². The topological polar surface area (TPSA) is 77.1 Å². The highest BCUT2D eigenvalue weighted by Gasteiger charge is 2.36. The van der Waals surface area contributed by atoms with Crippen LogP contribution in [0.25, 0.3) is 0 Å². The molecule has 3 aromatic rings. The van der Waals surface area contributed by atoms with Crippen LogP contribution in [-0.2, 0) is 11.2 Å². The first-order valence-electron chi connectivity index (χ1n) is 10.7. The van der Waals surface area contributed by atoms with Crippen LogP contribution < -0.4 is 24.4 Å².